The van der Waals surface area contributed by atoms with E-state index in [-0.39, 0.29) is 12.6 Å². The summed E-state index contributed by atoms with van der Waals surface area (Å²) in [7, 11) is 0. The van der Waals surface area contributed by atoms with Crippen molar-refractivity contribution in [2.75, 3.05) is 26.3 Å². The normalized spacial score (nSPS) is 15.7. The molecule has 0 aromatic carbocycles. The van der Waals surface area contributed by atoms with Crippen LogP contribution in [0.25, 0.3) is 0 Å². The van der Waals surface area contributed by atoms with Crippen LogP contribution in [0.4, 0.5) is 0 Å². The Morgan fingerprint density at radius 3 is 2.61 bits per heavy atom. The van der Waals surface area contributed by atoms with Gasteiger partial charge in [-0.25, -0.2) is 0 Å². The number of carbonyl (C=O) groups is 1. The maximum absolute atomic E-state index is 11.1. The zero-order valence-electron chi connectivity index (χ0n) is 11.6. The molecule has 0 atom stereocenters. The van der Waals surface area contributed by atoms with Gasteiger partial charge in [-0.15, -0.1) is 0 Å². The van der Waals surface area contributed by atoms with Gasteiger partial charge in [-0.3, -0.25) is 9.69 Å². The first-order valence-electron chi connectivity index (χ1n) is 7.28. The number of aliphatic hydroxyl groups excluding tert-OH is 1. The van der Waals surface area contributed by atoms with Crippen LogP contribution in [-0.4, -0.2) is 48.3 Å². The molecule has 0 radical (unpaired) electrons. The number of carbonyl (C=O) groups excluding carboxylic acids is 1. The summed E-state index contributed by atoms with van der Waals surface area (Å²) in [6.07, 6.45) is 7.51. The zero-order chi connectivity index (χ0) is 13.2. The Hall–Kier alpha value is -0.610. The van der Waals surface area contributed by atoms with Crippen molar-refractivity contribution in [3.05, 3.63) is 0 Å². The number of hydrogen-bond acceptors (Lipinski definition) is 4. The van der Waals surface area contributed by atoms with E-state index in [1.54, 1.807) is 0 Å². The lowest BCUT2D eigenvalue weighted by molar-refractivity contribution is -0.143. The standard InChI is InChI=1S/C14H27NO3/c1-2-18-14(17)9-4-3-5-10-15(11-12-16)13-7-6-8-13/h13,16H,2-12H2,1H3. The van der Waals surface area contributed by atoms with Crippen LogP contribution in [0, 0.1) is 0 Å². The molecule has 4 heteroatoms. The molecule has 0 heterocycles. The maximum Gasteiger partial charge on any atom is 0.305 e. The van der Waals surface area contributed by atoms with E-state index < -0.39 is 0 Å². The van der Waals surface area contributed by atoms with Crippen LogP contribution in [0.2, 0.25) is 0 Å². The van der Waals surface area contributed by atoms with E-state index >= 15 is 0 Å². The van der Waals surface area contributed by atoms with Crippen LogP contribution in [0.1, 0.15) is 51.9 Å². The first-order valence-corrected chi connectivity index (χ1v) is 7.28. The molecule has 0 spiro atoms. The predicted molar refractivity (Wildman–Crippen MR) is 71.4 cm³/mol. The number of aliphatic hydroxyl groups is 1. The Bertz CT molecular complexity index is 229. The van der Waals surface area contributed by atoms with Gasteiger partial charge < -0.3 is 9.84 Å². The monoisotopic (exact) mass is 257 g/mol. The Morgan fingerprint density at radius 2 is 2.06 bits per heavy atom. The molecule has 18 heavy (non-hydrogen) atoms. The fourth-order valence-electron chi connectivity index (χ4n) is 2.35. The Labute approximate surface area is 110 Å². The summed E-state index contributed by atoms with van der Waals surface area (Å²) in [5, 5.41) is 9.04. The topological polar surface area (TPSA) is 49.8 Å². The number of esters is 1. The number of nitrogens with zero attached hydrogens (tertiary/aromatic N) is 1. The van der Waals surface area contributed by atoms with Crippen LogP contribution in [0.5, 0.6) is 0 Å². The lowest BCUT2D eigenvalue weighted by Gasteiger charge is -2.37. The molecule has 1 rings (SSSR count). The van der Waals surface area contributed by atoms with Crippen LogP contribution < -0.4 is 0 Å². The van der Waals surface area contributed by atoms with Crippen molar-refractivity contribution in [1.82, 2.24) is 4.90 Å². The molecule has 106 valence electrons. The third-order valence-electron chi connectivity index (χ3n) is 3.61. The van der Waals surface area contributed by atoms with Crippen molar-refractivity contribution >= 4 is 5.97 Å². The minimum Gasteiger partial charge on any atom is -0.466 e. The summed E-state index contributed by atoms with van der Waals surface area (Å²) >= 11 is 0. The highest BCUT2D eigenvalue weighted by Gasteiger charge is 2.23. The molecule has 0 aromatic heterocycles. The van der Waals surface area contributed by atoms with E-state index in [2.05, 4.69) is 4.90 Å². The Balaban J connectivity index is 2.02. The van der Waals surface area contributed by atoms with Crippen LogP contribution >= 0.6 is 0 Å². The minimum absolute atomic E-state index is 0.0799. The van der Waals surface area contributed by atoms with Crippen molar-refractivity contribution in [2.24, 2.45) is 0 Å². The molecule has 0 aromatic rings. The number of ether oxygens (including phenoxy) is 1. The summed E-state index contributed by atoms with van der Waals surface area (Å²) in [5.41, 5.74) is 0. The quantitative estimate of drug-likeness (QED) is 0.480. The van der Waals surface area contributed by atoms with E-state index in [1.807, 2.05) is 6.92 Å². The summed E-state index contributed by atoms with van der Waals surface area (Å²) in [5.74, 6) is -0.0799. The van der Waals surface area contributed by atoms with Crippen molar-refractivity contribution in [3.63, 3.8) is 0 Å². The fourth-order valence-corrected chi connectivity index (χ4v) is 2.35. The van der Waals surface area contributed by atoms with E-state index in [9.17, 15) is 4.79 Å². The minimum atomic E-state index is -0.0799. The number of hydrogen-bond donors (Lipinski definition) is 1. The van der Waals surface area contributed by atoms with Crippen LogP contribution in [-0.2, 0) is 9.53 Å². The van der Waals surface area contributed by atoms with Gasteiger partial charge in [0.15, 0.2) is 0 Å². The molecule has 1 aliphatic rings. The average Bonchev–Trinajstić information content (AvgIpc) is 2.26. The van der Waals surface area contributed by atoms with E-state index in [0.29, 0.717) is 19.1 Å². The van der Waals surface area contributed by atoms with Crippen LogP contribution in [0.15, 0.2) is 0 Å². The van der Waals surface area contributed by atoms with Gasteiger partial charge in [-0.2, -0.15) is 0 Å². The van der Waals surface area contributed by atoms with Gasteiger partial charge in [0.2, 0.25) is 0 Å². The summed E-state index contributed by atoms with van der Waals surface area (Å²) in [6.45, 7) is 4.41. The number of unbranched alkanes of at least 4 members (excludes halogenated alkanes) is 2. The largest absolute Gasteiger partial charge is 0.466 e. The fraction of sp³-hybridized carbons (Fsp3) is 0.929. The van der Waals surface area contributed by atoms with E-state index in [1.165, 1.54) is 19.3 Å². The first kappa shape index (κ1) is 15.4. The molecule has 1 fully saturated rings. The highest BCUT2D eigenvalue weighted by molar-refractivity contribution is 5.69. The molecule has 1 N–H and O–H groups in total. The third kappa shape index (κ3) is 5.83. The third-order valence-corrected chi connectivity index (χ3v) is 3.61. The smallest absolute Gasteiger partial charge is 0.305 e. The average molecular weight is 257 g/mol. The highest BCUT2D eigenvalue weighted by atomic mass is 16.5. The molecule has 0 unspecified atom stereocenters. The summed E-state index contributed by atoms with van der Waals surface area (Å²) in [6, 6.07) is 0.696. The Kier molecular flexibility index (Phi) is 8.01. The molecule has 1 aliphatic carbocycles. The molecule has 0 bridgehead atoms. The van der Waals surface area contributed by atoms with Crippen LogP contribution in [0.3, 0.4) is 0 Å². The highest BCUT2D eigenvalue weighted by Crippen LogP contribution is 2.24. The molecule has 4 nitrogen and oxygen atoms in total. The second-order valence-corrected chi connectivity index (χ2v) is 4.96. The van der Waals surface area contributed by atoms with Crippen molar-refractivity contribution in [2.45, 2.75) is 57.9 Å². The second kappa shape index (κ2) is 9.34. The van der Waals surface area contributed by atoms with Gasteiger partial charge >= 0.3 is 5.97 Å². The summed E-state index contributed by atoms with van der Waals surface area (Å²) in [4.78, 5) is 13.5. The van der Waals surface area contributed by atoms with Crippen molar-refractivity contribution < 1.29 is 14.6 Å². The zero-order valence-corrected chi connectivity index (χ0v) is 11.6. The van der Waals surface area contributed by atoms with Gasteiger partial charge in [0.1, 0.15) is 0 Å². The maximum atomic E-state index is 11.1. The van der Waals surface area contributed by atoms with Gasteiger partial charge in [0, 0.05) is 19.0 Å². The van der Waals surface area contributed by atoms with E-state index in [4.69, 9.17) is 9.84 Å². The van der Waals surface area contributed by atoms with Gasteiger partial charge in [0.25, 0.3) is 0 Å². The molecular weight excluding hydrogens is 230 g/mol. The molecule has 0 amide bonds. The predicted octanol–water partition coefficient (Wildman–Crippen LogP) is 1.96. The SMILES string of the molecule is CCOC(=O)CCCCCN(CCO)C1CCC1. The van der Waals surface area contributed by atoms with Gasteiger partial charge in [-0.05, 0) is 39.2 Å². The lowest BCUT2D eigenvalue weighted by atomic mass is 9.91. The molecular formula is C14H27NO3. The molecule has 0 aliphatic heterocycles. The molecule has 0 saturated heterocycles. The van der Waals surface area contributed by atoms with Crippen molar-refractivity contribution in [1.29, 1.82) is 0 Å². The van der Waals surface area contributed by atoms with E-state index in [0.717, 1.165) is 32.4 Å². The second-order valence-electron chi connectivity index (χ2n) is 4.96. The van der Waals surface area contributed by atoms with Crippen molar-refractivity contribution in [3.8, 4) is 0 Å². The first-order chi connectivity index (χ1) is 8.77. The van der Waals surface area contributed by atoms with Gasteiger partial charge in [0.05, 0.1) is 13.2 Å². The summed E-state index contributed by atoms with van der Waals surface area (Å²) < 4.78 is 4.89. The van der Waals surface area contributed by atoms with Gasteiger partial charge in [-0.1, -0.05) is 12.8 Å². The Morgan fingerprint density at radius 1 is 1.28 bits per heavy atom. The lowest BCUT2D eigenvalue weighted by Crippen LogP contribution is -2.42. The molecule has 1 saturated carbocycles. The number of rotatable bonds is 10.